The highest BCUT2D eigenvalue weighted by Crippen LogP contribution is 2.62. The molecule has 0 radical (unpaired) electrons. The molecule has 0 spiro atoms. The molecule has 320 valence electrons. The van der Waals surface area contributed by atoms with Crippen molar-refractivity contribution in [3.05, 3.63) is 48.1 Å². The summed E-state index contributed by atoms with van der Waals surface area (Å²) in [4.78, 5) is 22.9. The van der Waals surface area contributed by atoms with Gasteiger partial charge in [0.1, 0.15) is 17.5 Å². The van der Waals surface area contributed by atoms with Crippen LogP contribution in [0.5, 0.6) is 11.5 Å². The number of benzene rings is 1. The number of carbonyl (C=O) groups excluding carboxylic acids is 1. The van der Waals surface area contributed by atoms with E-state index in [9.17, 15) is 20.1 Å². The number of aliphatic hydroxyl groups is 2. The molecule has 0 bridgehead atoms. The van der Waals surface area contributed by atoms with Crippen LogP contribution in [0, 0.1) is 17.8 Å². The molecule has 2 fully saturated rings. The number of nitrogens with zero attached hydrogens (tertiary/aromatic N) is 2. The molecule has 1 unspecified atom stereocenters. The average Bonchev–Trinajstić information content (AvgIpc) is 3.22. The third kappa shape index (κ3) is 11.6. The molecule has 7 atom stereocenters. The Morgan fingerprint density at radius 3 is 2.39 bits per heavy atom. The smallest absolute Gasteiger partial charge is 0.239 e. The summed E-state index contributed by atoms with van der Waals surface area (Å²) < 4.78 is 20.3. The maximum Gasteiger partial charge on any atom is 0.239 e. The van der Waals surface area contributed by atoms with Crippen molar-refractivity contribution >= 4 is 11.6 Å². The summed E-state index contributed by atoms with van der Waals surface area (Å²) in [5.74, 6) is -0.647. The number of fused-ring (bicyclic) bond motifs is 2. The predicted octanol–water partition coefficient (Wildman–Crippen LogP) is 9.71. The Balaban J connectivity index is 1.59. The van der Waals surface area contributed by atoms with Crippen molar-refractivity contribution in [2.24, 2.45) is 22.9 Å². The largest absolute Gasteiger partial charge is 0.508 e. The van der Waals surface area contributed by atoms with Crippen molar-refractivity contribution in [2.45, 2.75) is 173 Å². The van der Waals surface area contributed by atoms with Gasteiger partial charge >= 0.3 is 0 Å². The maximum absolute atomic E-state index is 14.6. The third-order valence-corrected chi connectivity index (χ3v) is 12.7. The van der Waals surface area contributed by atoms with Crippen LogP contribution in [0.15, 0.2) is 47.7 Å². The summed E-state index contributed by atoms with van der Waals surface area (Å²) in [5, 5.41) is 35.6. The van der Waals surface area contributed by atoms with E-state index in [-0.39, 0.29) is 55.1 Å². The van der Waals surface area contributed by atoms with Gasteiger partial charge in [0.2, 0.25) is 18.0 Å². The van der Waals surface area contributed by atoms with Gasteiger partial charge in [-0.15, -0.1) is 6.58 Å². The highest BCUT2D eigenvalue weighted by atomic mass is 16.8. The molecule has 1 saturated heterocycles. The Hall–Kier alpha value is -2.92. The molecular formula is C47H74N2O8. The van der Waals surface area contributed by atoms with Gasteiger partial charge in [0.25, 0.3) is 0 Å². The molecular weight excluding hydrogens is 721 g/mol. The first-order valence-corrected chi connectivity index (χ1v) is 22.8. The molecule has 1 saturated carbocycles. The first kappa shape index (κ1) is 45.2. The van der Waals surface area contributed by atoms with Gasteiger partial charge in [-0.05, 0) is 87.0 Å². The summed E-state index contributed by atoms with van der Waals surface area (Å²) in [7, 11) is 0. The quantitative estimate of drug-likeness (QED) is 0.0480. The molecule has 2 aliphatic heterocycles. The zero-order valence-electron chi connectivity index (χ0n) is 35.2. The number of rotatable bonds is 26. The van der Waals surface area contributed by atoms with E-state index in [2.05, 4.69) is 26.5 Å². The van der Waals surface area contributed by atoms with E-state index in [4.69, 9.17) is 24.2 Å². The topological polar surface area (TPSA) is 130 Å². The second-order valence-corrected chi connectivity index (χ2v) is 16.9. The van der Waals surface area contributed by atoms with Crippen LogP contribution in [-0.4, -0.2) is 82.9 Å². The van der Waals surface area contributed by atoms with Gasteiger partial charge < -0.3 is 39.3 Å². The minimum absolute atomic E-state index is 0.100. The number of aliphatic hydroxyl groups excluding tert-OH is 2. The first-order valence-electron chi connectivity index (χ1n) is 22.8. The molecule has 57 heavy (non-hydrogen) atoms. The number of carbonyl (C=O) groups is 1. The SMILES string of the molecule is C=CCO[C@@]12Oc3ccc(O)cc3[C@H]3[C@H](CCCCO)[C@@H](CCCCO)C=C(C(=NOC4CCCCO4)C[C@@H]1N(CCC)C(=O)CCCCCCCCCCC)[C@H]32. The molecule has 5 rings (SSSR count). The summed E-state index contributed by atoms with van der Waals surface area (Å²) in [6.45, 7) is 10.1. The lowest BCUT2D eigenvalue weighted by Crippen LogP contribution is -2.70. The Bertz CT molecular complexity index is 1440. The molecule has 3 N–H and O–H groups in total. The summed E-state index contributed by atoms with van der Waals surface area (Å²) in [6, 6.07) is 4.84. The number of unbranched alkanes of at least 4 members (excludes halogenated alkanes) is 10. The number of phenolic OH excluding ortho intramolecular Hbond substituents is 1. The van der Waals surface area contributed by atoms with Gasteiger partial charge in [-0.1, -0.05) is 95.4 Å². The van der Waals surface area contributed by atoms with E-state index in [1.165, 1.54) is 38.5 Å². The Morgan fingerprint density at radius 1 is 0.965 bits per heavy atom. The number of amides is 1. The van der Waals surface area contributed by atoms with E-state index in [0.29, 0.717) is 44.6 Å². The van der Waals surface area contributed by atoms with Crippen LogP contribution in [0.4, 0.5) is 0 Å². The zero-order valence-corrected chi connectivity index (χ0v) is 35.2. The lowest BCUT2D eigenvalue weighted by atomic mass is 9.55. The molecule has 2 aliphatic carbocycles. The highest BCUT2D eigenvalue weighted by Gasteiger charge is 2.65. The lowest BCUT2D eigenvalue weighted by molar-refractivity contribution is -0.257. The van der Waals surface area contributed by atoms with Crippen LogP contribution in [0.1, 0.15) is 160 Å². The van der Waals surface area contributed by atoms with Gasteiger partial charge in [0.15, 0.2) is 0 Å². The number of hydrogen-bond acceptors (Lipinski definition) is 9. The summed E-state index contributed by atoms with van der Waals surface area (Å²) >= 11 is 0. The molecule has 10 heteroatoms. The van der Waals surface area contributed by atoms with Crippen molar-refractivity contribution < 1.29 is 39.2 Å². The molecule has 10 nitrogen and oxygen atoms in total. The molecule has 1 aromatic carbocycles. The van der Waals surface area contributed by atoms with Crippen LogP contribution < -0.4 is 4.74 Å². The van der Waals surface area contributed by atoms with Gasteiger partial charge in [-0.3, -0.25) is 4.79 Å². The molecule has 1 amide bonds. The zero-order chi connectivity index (χ0) is 40.5. The highest BCUT2D eigenvalue weighted by molar-refractivity contribution is 6.03. The number of phenols is 1. The van der Waals surface area contributed by atoms with E-state index in [1.807, 2.05) is 17.0 Å². The molecule has 0 aromatic heterocycles. The summed E-state index contributed by atoms with van der Waals surface area (Å²) in [6.07, 6.45) is 23.5. The maximum atomic E-state index is 14.6. The van der Waals surface area contributed by atoms with E-state index in [1.54, 1.807) is 12.1 Å². The van der Waals surface area contributed by atoms with E-state index >= 15 is 0 Å². The van der Waals surface area contributed by atoms with Crippen LogP contribution in [0.2, 0.25) is 0 Å². The minimum Gasteiger partial charge on any atom is -0.508 e. The van der Waals surface area contributed by atoms with Crippen LogP contribution in [0.25, 0.3) is 0 Å². The Kier molecular flexibility index (Phi) is 18.7. The second-order valence-electron chi connectivity index (χ2n) is 16.9. The van der Waals surface area contributed by atoms with Crippen molar-refractivity contribution in [3.8, 4) is 11.5 Å². The second kappa shape index (κ2) is 23.6. The van der Waals surface area contributed by atoms with Crippen molar-refractivity contribution in [1.82, 2.24) is 4.90 Å². The van der Waals surface area contributed by atoms with Crippen molar-refractivity contribution in [2.75, 3.05) is 33.0 Å². The van der Waals surface area contributed by atoms with Gasteiger partial charge in [0.05, 0.1) is 24.8 Å². The summed E-state index contributed by atoms with van der Waals surface area (Å²) in [5.41, 5.74) is 2.71. The fourth-order valence-electron chi connectivity index (χ4n) is 10.0. The average molecular weight is 795 g/mol. The fourth-order valence-corrected chi connectivity index (χ4v) is 10.0. The Morgan fingerprint density at radius 2 is 1.70 bits per heavy atom. The van der Waals surface area contributed by atoms with Crippen molar-refractivity contribution in [3.63, 3.8) is 0 Å². The van der Waals surface area contributed by atoms with Crippen LogP contribution in [0.3, 0.4) is 0 Å². The third-order valence-electron chi connectivity index (χ3n) is 12.7. The number of allylic oxidation sites excluding steroid dienone is 1. The first-order chi connectivity index (χ1) is 27.9. The van der Waals surface area contributed by atoms with Crippen LogP contribution in [-0.2, 0) is 19.1 Å². The van der Waals surface area contributed by atoms with E-state index < -0.39 is 18.1 Å². The number of aromatic hydroxyl groups is 1. The minimum atomic E-state index is -1.27. The molecule has 2 heterocycles. The van der Waals surface area contributed by atoms with Crippen molar-refractivity contribution in [1.29, 1.82) is 0 Å². The standard InChI is InChI=1S/C47H74N2O8/c1-4-7-8-9-10-11-12-13-14-23-43(53)49(27-5-2)42-34-40(48-57-44-24-17-20-31-54-44)38-32-35(21-15-18-28-50)37(22-16-19-29-51)45-39-33-36(52)25-26-41(39)56-47(42,46(38)45)55-30-6-3/h6,25-26,32-33,35,37,42,44-46,50-52H,3-5,7-24,27-31,34H2,1-2H3/t35-,37+,42-,44?,45+,46+,47+/m0/s1. The number of oxime groups is 1. The molecule has 4 aliphatic rings. The monoisotopic (exact) mass is 795 g/mol. The van der Waals surface area contributed by atoms with Gasteiger partial charge in [0, 0.05) is 50.5 Å². The predicted molar refractivity (Wildman–Crippen MR) is 225 cm³/mol. The number of hydrogen-bond donors (Lipinski definition) is 3. The van der Waals surface area contributed by atoms with Gasteiger partial charge in [-0.25, -0.2) is 0 Å². The molecule has 1 aromatic rings. The van der Waals surface area contributed by atoms with E-state index in [0.717, 1.165) is 87.5 Å². The normalized spacial score (nSPS) is 27.2. The van der Waals surface area contributed by atoms with Crippen LogP contribution >= 0.6 is 0 Å². The fraction of sp³-hybridized carbons (Fsp3) is 0.745. The number of ether oxygens (including phenoxy) is 3. The Labute approximate surface area is 343 Å². The van der Waals surface area contributed by atoms with Gasteiger partial charge in [-0.2, -0.15) is 0 Å². The lowest BCUT2D eigenvalue weighted by Gasteiger charge is -2.60.